The highest BCUT2D eigenvalue weighted by atomic mass is 31.2. The van der Waals surface area contributed by atoms with Crippen LogP contribution in [0.15, 0.2) is 84.9 Å². The fourth-order valence-electron chi connectivity index (χ4n) is 5.66. The summed E-state index contributed by atoms with van der Waals surface area (Å²) in [5, 5.41) is 10.3. The van der Waals surface area contributed by atoms with Crippen LogP contribution in [0.2, 0.25) is 0 Å². The third-order valence-corrected chi connectivity index (χ3v) is 10.6. The predicted octanol–water partition coefficient (Wildman–Crippen LogP) is 7.62. The van der Waals surface area contributed by atoms with Gasteiger partial charge in [0, 0.05) is 6.54 Å². The van der Waals surface area contributed by atoms with E-state index in [9.17, 15) is 14.5 Å². The average Bonchev–Trinajstić information content (AvgIpc) is 3.60. The van der Waals surface area contributed by atoms with E-state index in [1.165, 1.54) is 48.8 Å². The van der Waals surface area contributed by atoms with Crippen LogP contribution in [0.4, 0.5) is 0 Å². The maximum absolute atomic E-state index is 14.5. The molecule has 0 radical (unpaired) electrons. The van der Waals surface area contributed by atoms with Gasteiger partial charge in [0.25, 0.3) is 0 Å². The molecule has 3 N–H and O–H groups in total. The van der Waals surface area contributed by atoms with Crippen LogP contribution in [0.25, 0.3) is 0 Å². The van der Waals surface area contributed by atoms with Crippen molar-refractivity contribution in [2.24, 2.45) is 5.73 Å². The standard InChI is InChI=1S/C37H51N2O6P/c1-2-3-4-5-6-9-15-31-21-23-32(24-22-31)25-26-37(38,29-40)30-44-46(42,45-34-18-12-8-13-19-34)39-27-14-20-35(39)36(41)43-28-33-16-10-7-11-17-33/h7-8,10-13,16-19,21-24,35,40H,2-6,9,14-15,20,25-30,38H2,1H3/t35-,37?,46?/m0/s1. The van der Waals surface area contributed by atoms with Crippen LogP contribution in [0.3, 0.4) is 0 Å². The van der Waals surface area contributed by atoms with Crippen molar-refractivity contribution in [3.63, 3.8) is 0 Å². The quantitative estimate of drug-likeness (QED) is 0.0730. The van der Waals surface area contributed by atoms with Gasteiger partial charge in [-0.25, -0.2) is 4.57 Å². The zero-order chi connectivity index (χ0) is 32.7. The van der Waals surface area contributed by atoms with Crippen LogP contribution in [0.1, 0.15) is 81.4 Å². The monoisotopic (exact) mass is 650 g/mol. The second-order valence-corrected chi connectivity index (χ2v) is 14.3. The van der Waals surface area contributed by atoms with Crippen molar-refractivity contribution in [2.75, 3.05) is 19.8 Å². The first-order valence-electron chi connectivity index (χ1n) is 16.8. The van der Waals surface area contributed by atoms with Crippen LogP contribution in [0.5, 0.6) is 5.75 Å². The summed E-state index contributed by atoms with van der Waals surface area (Å²) in [5.74, 6) is -0.134. The van der Waals surface area contributed by atoms with E-state index in [4.69, 9.17) is 19.5 Å². The van der Waals surface area contributed by atoms with Gasteiger partial charge in [0.2, 0.25) is 0 Å². The highest BCUT2D eigenvalue weighted by Crippen LogP contribution is 2.55. The van der Waals surface area contributed by atoms with Crippen molar-refractivity contribution in [3.05, 3.63) is 102 Å². The molecular formula is C37H51N2O6P. The SMILES string of the molecule is CCCCCCCCc1ccc(CCC(N)(CO)COP(=O)(Oc2ccccc2)N2CCC[C@H]2C(=O)OCc2ccccc2)cc1. The Hall–Kier alpha value is -3.00. The summed E-state index contributed by atoms with van der Waals surface area (Å²) in [6, 6.07) is 25.9. The number of hydrogen-bond acceptors (Lipinski definition) is 7. The number of hydrogen-bond donors (Lipinski definition) is 2. The first-order valence-corrected chi connectivity index (χ1v) is 18.3. The molecule has 0 spiro atoms. The molecule has 250 valence electrons. The van der Waals surface area contributed by atoms with Crippen LogP contribution >= 0.6 is 7.75 Å². The smallest absolute Gasteiger partial charge is 0.460 e. The Labute approximate surface area is 274 Å². The summed E-state index contributed by atoms with van der Waals surface area (Å²) >= 11 is 0. The minimum absolute atomic E-state index is 0.116. The summed E-state index contributed by atoms with van der Waals surface area (Å²) in [6.45, 7) is 2.10. The Kier molecular flexibility index (Phi) is 14.3. The third-order valence-electron chi connectivity index (χ3n) is 8.58. The van der Waals surface area contributed by atoms with Crippen molar-refractivity contribution in [2.45, 2.75) is 95.7 Å². The van der Waals surface area contributed by atoms with Gasteiger partial charge in [-0.2, -0.15) is 4.67 Å². The number of carbonyl (C=O) groups is 1. The van der Waals surface area contributed by atoms with Crippen molar-refractivity contribution in [3.8, 4) is 5.75 Å². The molecule has 0 amide bonds. The van der Waals surface area contributed by atoms with Crippen molar-refractivity contribution >= 4 is 13.7 Å². The summed E-state index contributed by atoms with van der Waals surface area (Å²) in [6.07, 6.45) is 10.9. The van der Waals surface area contributed by atoms with Gasteiger partial charge in [0.15, 0.2) is 0 Å². The van der Waals surface area contributed by atoms with E-state index in [1.807, 2.05) is 36.4 Å². The van der Waals surface area contributed by atoms with E-state index in [0.717, 1.165) is 17.5 Å². The highest BCUT2D eigenvalue weighted by molar-refractivity contribution is 7.51. The number of ether oxygens (including phenoxy) is 1. The Morgan fingerprint density at radius 1 is 0.891 bits per heavy atom. The van der Waals surface area contributed by atoms with E-state index in [1.54, 1.807) is 24.3 Å². The van der Waals surface area contributed by atoms with E-state index >= 15 is 0 Å². The zero-order valence-electron chi connectivity index (χ0n) is 27.2. The average molecular weight is 651 g/mol. The molecule has 1 fully saturated rings. The number of esters is 1. The molecule has 3 aromatic rings. The van der Waals surface area contributed by atoms with Crippen molar-refractivity contribution in [1.82, 2.24) is 4.67 Å². The van der Waals surface area contributed by atoms with Gasteiger partial charge < -0.3 is 20.1 Å². The van der Waals surface area contributed by atoms with Crippen LogP contribution in [-0.2, 0) is 38.1 Å². The minimum atomic E-state index is -4.09. The maximum atomic E-state index is 14.5. The Balaban J connectivity index is 1.37. The Bertz CT molecular complexity index is 1360. The number of aryl methyl sites for hydroxylation is 2. The first-order chi connectivity index (χ1) is 22.3. The van der Waals surface area contributed by atoms with Gasteiger partial charge in [-0.15, -0.1) is 0 Å². The number of rotatable bonds is 20. The van der Waals surface area contributed by atoms with Gasteiger partial charge in [-0.3, -0.25) is 9.32 Å². The molecule has 1 heterocycles. The molecule has 46 heavy (non-hydrogen) atoms. The first kappa shape index (κ1) is 35.8. The molecule has 0 aliphatic carbocycles. The fourth-order valence-corrected chi connectivity index (χ4v) is 7.71. The van der Waals surface area contributed by atoms with Gasteiger partial charge >= 0.3 is 13.7 Å². The largest absolute Gasteiger partial charge is 0.462 e. The number of para-hydroxylation sites is 1. The third kappa shape index (κ3) is 11.1. The number of carbonyl (C=O) groups excluding carboxylic acids is 1. The number of nitrogens with zero attached hydrogens (tertiary/aromatic N) is 1. The molecule has 0 saturated carbocycles. The second-order valence-electron chi connectivity index (χ2n) is 12.4. The van der Waals surface area contributed by atoms with E-state index < -0.39 is 25.3 Å². The number of aliphatic hydroxyl groups excluding tert-OH is 1. The minimum Gasteiger partial charge on any atom is -0.460 e. The predicted molar refractivity (Wildman–Crippen MR) is 182 cm³/mol. The zero-order valence-corrected chi connectivity index (χ0v) is 28.1. The molecule has 1 saturated heterocycles. The lowest BCUT2D eigenvalue weighted by Gasteiger charge is -2.34. The fraction of sp³-hybridized carbons (Fsp3) is 0.486. The van der Waals surface area contributed by atoms with E-state index in [-0.39, 0.29) is 19.8 Å². The van der Waals surface area contributed by atoms with Crippen molar-refractivity contribution < 1.29 is 28.3 Å². The maximum Gasteiger partial charge on any atom is 0.462 e. The van der Waals surface area contributed by atoms with Crippen LogP contribution in [-0.4, -0.2) is 47.1 Å². The van der Waals surface area contributed by atoms with Gasteiger partial charge in [-0.1, -0.05) is 112 Å². The summed E-state index contributed by atoms with van der Waals surface area (Å²) in [5.41, 5.74) is 8.76. The Morgan fingerprint density at radius 3 is 2.20 bits per heavy atom. The molecule has 1 aliphatic rings. The molecule has 9 heteroatoms. The summed E-state index contributed by atoms with van der Waals surface area (Å²) in [7, 11) is -4.09. The molecule has 0 bridgehead atoms. The molecular weight excluding hydrogens is 599 g/mol. The summed E-state index contributed by atoms with van der Waals surface area (Å²) in [4.78, 5) is 13.2. The second kappa shape index (κ2) is 18.4. The van der Waals surface area contributed by atoms with Gasteiger partial charge in [0.05, 0.1) is 18.8 Å². The number of nitrogens with two attached hydrogens (primary N) is 1. The van der Waals surface area contributed by atoms with Crippen LogP contribution < -0.4 is 10.3 Å². The normalized spacial score (nSPS) is 17.7. The lowest BCUT2D eigenvalue weighted by atomic mass is 9.93. The highest BCUT2D eigenvalue weighted by Gasteiger charge is 2.47. The molecule has 8 nitrogen and oxygen atoms in total. The molecule has 3 aromatic carbocycles. The molecule has 4 rings (SSSR count). The number of benzene rings is 3. The van der Waals surface area contributed by atoms with E-state index in [2.05, 4.69) is 31.2 Å². The molecule has 2 unspecified atom stereocenters. The van der Waals surface area contributed by atoms with Gasteiger partial charge in [0.1, 0.15) is 18.4 Å². The van der Waals surface area contributed by atoms with Crippen LogP contribution in [0, 0.1) is 0 Å². The molecule has 1 aliphatic heterocycles. The molecule has 0 aromatic heterocycles. The summed E-state index contributed by atoms with van der Waals surface area (Å²) < 4.78 is 33.7. The lowest BCUT2D eigenvalue weighted by molar-refractivity contribution is -0.149. The topological polar surface area (TPSA) is 111 Å². The number of unbranched alkanes of at least 4 members (excludes halogenated alkanes) is 5. The Morgan fingerprint density at radius 2 is 1.52 bits per heavy atom. The molecule has 3 atom stereocenters. The van der Waals surface area contributed by atoms with Gasteiger partial charge in [-0.05, 0) is 67.3 Å². The van der Waals surface area contributed by atoms with E-state index in [0.29, 0.717) is 38.0 Å². The van der Waals surface area contributed by atoms with Crippen molar-refractivity contribution in [1.29, 1.82) is 0 Å². The lowest BCUT2D eigenvalue weighted by Crippen LogP contribution is -2.49. The number of aliphatic hydroxyl groups is 1.